The molecule has 0 aromatic carbocycles. The van der Waals surface area contributed by atoms with Crippen LogP contribution in [0.2, 0.25) is 0 Å². The van der Waals surface area contributed by atoms with Crippen molar-refractivity contribution >= 4 is 18.3 Å². The smallest absolute Gasteiger partial charge is 0.398 e. The Morgan fingerprint density at radius 3 is 2.06 bits per heavy atom. The molecule has 1 saturated heterocycles. The van der Waals surface area contributed by atoms with E-state index in [1.165, 1.54) is 0 Å². The van der Waals surface area contributed by atoms with Crippen LogP contribution in [0.1, 0.15) is 40.3 Å². The summed E-state index contributed by atoms with van der Waals surface area (Å²) >= 11 is 0. The van der Waals surface area contributed by atoms with Crippen molar-refractivity contribution in [3.63, 3.8) is 0 Å². The van der Waals surface area contributed by atoms with E-state index in [9.17, 15) is 0 Å². The zero-order valence-corrected chi connectivity index (χ0v) is 11.7. The molecule has 0 N–H and O–H groups in total. The van der Waals surface area contributed by atoms with E-state index in [1.54, 1.807) is 12.4 Å². The van der Waals surface area contributed by atoms with Gasteiger partial charge in [0.05, 0.1) is 28.7 Å². The van der Waals surface area contributed by atoms with Crippen molar-refractivity contribution in [2.45, 2.75) is 45.8 Å². The van der Waals surface area contributed by atoms with E-state index in [-0.39, 0.29) is 11.2 Å². The number of nitrogens with zero attached hydrogens (tertiary/aromatic N) is 2. The first-order chi connectivity index (χ1) is 8.23. The van der Waals surface area contributed by atoms with E-state index >= 15 is 0 Å². The first-order valence-electron chi connectivity index (χ1n) is 6.06. The van der Waals surface area contributed by atoms with Crippen molar-refractivity contribution in [2.75, 3.05) is 0 Å². The van der Waals surface area contributed by atoms with E-state index in [4.69, 9.17) is 9.31 Å². The highest BCUT2D eigenvalue weighted by Gasteiger charge is 2.52. The van der Waals surface area contributed by atoms with Crippen LogP contribution >= 0.6 is 0 Å². The molecule has 1 aromatic heterocycles. The van der Waals surface area contributed by atoms with Crippen LogP contribution in [0, 0.1) is 0 Å². The summed E-state index contributed by atoms with van der Waals surface area (Å²) in [6.07, 6.45) is 3.38. The molecule has 0 aliphatic carbocycles. The molecule has 5 heteroatoms. The van der Waals surface area contributed by atoms with Crippen molar-refractivity contribution in [3.8, 4) is 0 Å². The molecular formula is C13H19BN2O2. The molecule has 18 heavy (non-hydrogen) atoms. The second kappa shape index (κ2) is 4.18. The standard InChI is InChI=1S/C13H19BN2O2/c1-9(2)10-7-16-11(8-15-10)14-17-12(3,4)13(5,6)18-14/h7-8H,1H2,2-6H3. The maximum atomic E-state index is 5.90. The van der Waals surface area contributed by atoms with Crippen LogP contribution in [-0.4, -0.2) is 28.3 Å². The van der Waals surface area contributed by atoms with Gasteiger partial charge in [0.15, 0.2) is 0 Å². The average molecular weight is 246 g/mol. The van der Waals surface area contributed by atoms with Gasteiger partial charge in [0, 0.05) is 6.20 Å². The van der Waals surface area contributed by atoms with Crippen molar-refractivity contribution in [3.05, 3.63) is 24.7 Å². The van der Waals surface area contributed by atoms with E-state index in [1.807, 2.05) is 34.6 Å². The van der Waals surface area contributed by atoms with Gasteiger partial charge in [-0.1, -0.05) is 6.58 Å². The molecule has 0 bridgehead atoms. The molecule has 0 atom stereocenters. The van der Waals surface area contributed by atoms with Gasteiger partial charge in [0.1, 0.15) is 0 Å². The molecule has 96 valence electrons. The molecule has 1 aliphatic heterocycles. The van der Waals surface area contributed by atoms with Gasteiger partial charge in [-0.3, -0.25) is 9.97 Å². The molecule has 1 fully saturated rings. The lowest BCUT2D eigenvalue weighted by atomic mass is 9.85. The molecule has 2 heterocycles. The Labute approximate surface area is 109 Å². The predicted octanol–water partition coefficient (Wildman–Crippen LogP) is 1.81. The molecular weight excluding hydrogens is 227 g/mol. The fraction of sp³-hybridized carbons (Fsp3) is 0.538. The number of aromatic nitrogens is 2. The third kappa shape index (κ3) is 2.20. The second-order valence-electron chi connectivity index (χ2n) is 5.70. The highest BCUT2D eigenvalue weighted by molar-refractivity contribution is 6.61. The largest absolute Gasteiger partial charge is 0.516 e. The molecule has 0 radical (unpaired) electrons. The van der Waals surface area contributed by atoms with E-state index in [2.05, 4.69) is 16.5 Å². The summed E-state index contributed by atoms with van der Waals surface area (Å²) in [4.78, 5) is 8.64. The molecule has 0 unspecified atom stereocenters. The van der Waals surface area contributed by atoms with Crippen LogP contribution < -0.4 is 5.59 Å². The molecule has 0 spiro atoms. The number of rotatable bonds is 2. The fourth-order valence-electron chi connectivity index (χ4n) is 1.64. The van der Waals surface area contributed by atoms with Crippen LogP contribution in [0.3, 0.4) is 0 Å². The Morgan fingerprint density at radius 2 is 1.67 bits per heavy atom. The summed E-state index contributed by atoms with van der Waals surface area (Å²) in [5.41, 5.74) is 1.66. The number of allylic oxidation sites excluding steroid dienone is 1. The first-order valence-corrected chi connectivity index (χ1v) is 6.06. The lowest BCUT2D eigenvalue weighted by Gasteiger charge is -2.32. The third-order valence-electron chi connectivity index (χ3n) is 3.60. The lowest BCUT2D eigenvalue weighted by Crippen LogP contribution is -2.41. The van der Waals surface area contributed by atoms with Crippen LogP contribution in [-0.2, 0) is 9.31 Å². The van der Waals surface area contributed by atoms with Gasteiger partial charge in [-0.2, -0.15) is 0 Å². The Bertz CT molecular complexity index is 452. The maximum absolute atomic E-state index is 5.90. The van der Waals surface area contributed by atoms with E-state index < -0.39 is 7.12 Å². The van der Waals surface area contributed by atoms with Gasteiger partial charge in [-0.25, -0.2) is 0 Å². The van der Waals surface area contributed by atoms with Crippen molar-refractivity contribution in [1.29, 1.82) is 0 Å². The van der Waals surface area contributed by atoms with E-state index in [0.29, 0.717) is 5.59 Å². The summed E-state index contributed by atoms with van der Waals surface area (Å²) in [5, 5.41) is 0. The summed E-state index contributed by atoms with van der Waals surface area (Å²) in [6, 6.07) is 0. The van der Waals surface area contributed by atoms with Crippen molar-refractivity contribution < 1.29 is 9.31 Å². The molecule has 1 aromatic rings. The van der Waals surface area contributed by atoms with Crippen molar-refractivity contribution in [2.24, 2.45) is 0 Å². The fourth-order valence-corrected chi connectivity index (χ4v) is 1.64. The SMILES string of the molecule is C=C(C)c1cnc(B2OC(C)(C)C(C)(C)O2)cn1. The molecule has 2 rings (SSSR count). The van der Waals surface area contributed by atoms with Gasteiger partial charge >= 0.3 is 7.12 Å². The van der Waals surface area contributed by atoms with Crippen LogP contribution in [0.25, 0.3) is 5.57 Å². The second-order valence-corrected chi connectivity index (χ2v) is 5.70. The topological polar surface area (TPSA) is 44.2 Å². The Balaban J connectivity index is 2.22. The normalized spacial score (nSPS) is 21.1. The van der Waals surface area contributed by atoms with Crippen LogP contribution in [0.4, 0.5) is 0 Å². The molecule has 0 saturated carbocycles. The Morgan fingerprint density at radius 1 is 1.11 bits per heavy atom. The number of hydrogen-bond donors (Lipinski definition) is 0. The molecule has 1 aliphatic rings. The summed E-state index contributed by atoms with van der Waals surface area (Å²) < 4.78 is 11.8. The average Bonchev–Trinajstić information content (AvgIpc) is 2.48. The van der Waals surface area contributed by atoms with Gasteiger partial charge in [-0.15, -0.1) is 0 Å². The highest BCUT2D eigenvalue weighted by atomic mass is 16.7. The summed E-state index contributed by atoms with van der Waals surface area (Å²) in [6.45, 7) is 13.8. The minimum atomic E-state index is -0.457. The predicted molar refractivity (Wildman–Crippen MR) is 72.5 cm³/mol. The summed E-state index contributed by atoms with van der Waals surface area (Å²) in [5.74, 6) is 0. The molecule has 0 amide bonds. The monoisotopic (exact) mass is 246 g/mol. The Hall–Kier alpha value is -1.20. The summed E-state index contributed by atoms with van der Waals surface area (Å²) in [7, 11) is -0.457. The van der Waals surface area contributed by atoms with E-state index in [0.717, 1.165) is 11.3 Å². The quantitative estimate of drug-likeness (QED) is 0.746. The highest BCUT2D eigenvalue weighted by Crippen LogP contribution is 2.36. The zero-order valence-electron chi connectivity index (χ0n) is 11.7. The van der Waals surface area contributed by atoms with Gasteiger partial charge in [-0.05, 0) is 40.2 Å². The van der Waals surface area contributed by atoms with Gasteiger partial charge in [0.2, 0.25) is 0 Å². The van der Waals surface area contributed by atoms with Gasteiger partial charge in [0.25, 0.3) is 0 Å². The number of hydrogen-bond acceptors (Lipinski definition) is 4. The lowest BCUT2D eigenvalue weighted by molar-refractivity contribution is 0.00578. The van der Waals surface area contributed by atoms with Gasteiger partial charge < -0.3 is 9.31 Å². The Kier molecular flexibility index (Phi) is 3.07. The van der Waals surface area contributed by atoms with Crippen molar-refractivity contribution in [1.82, 2.24) is 9.97 Å². The minimum Gasteiger partial charge on any atom is -0.398 e. The maximum Gasteiger partial charge on any atom is 0.516 e. The first kappa shape index (κ1) is 13.2. The van der Waals surface area contributed by atoms with Crippen LogP contribution in [0.15, 0.2) is 19.0 Å². The van der Waals surface area contributed by atoms with Crippen LogP contribution in [0.5, 0.6) is 0 Å². The molecule has 4 nitrogen and oxygen atoms in total. The zero-order chi connectivity index (χ0) is 13.6. The minimum absolute atomic E-state index is 0.355. The third-order valence-corrected chi connectivity index (χ3v) is 3.60.